The lowest BCUT2D eigenvalue weighted by molar-refractivity contribution is 0.0935. The highest BCUT2D eigenvalue weighted by Gasteiger charge is 2.24. The van der Waals surface area contributed by atoms with Crippen molar-refractivity contribution in [1.29, 1.82) is 0 Å². The first-order valence-electron chi connectivity index (χ1n) is 5.66. The fourth-order valence-corrected chi connectivity index (χ4v) is 2.77. The molecule has 1 aliphatic rings. The molecule has 0 fully saturated rings. The van der Waals surface area contributed by atoms with Crippen LogP contribution in [0.4, 0.5) is 5.69 Å². The van der Waals surface area contributed by atoms with Crippen LogP contribution in [0.15, 0.2) is 48.5 Å². The lowest BCUT2D eigenvalue weighted by Gasteiger charge is -2.28. The van der Waals surface area contributed by atoms with Crippen molar-refractivity contribution < 1.29 is 4.79 Å². The summed E-state index contributed by atoms with van der Waals surface area (Å²) in [6.45, 7) is 0. The molecule has 1 aliphatic heterocycles. The minimum absolute atomic E-state index is 0.0333. The summed E-state index contributed by atoms with van der Waals surface area (Å²) < 4.78 is 1.13. The van der Waals surface area contributed by atoms with Crippen molar-refractivity contribution in [2.24, 2.45) is 0 Å². The maximum atomic E-state index is 12.0. The molecule has 1 heterocycles. The molecule has 2 aromatic carbocycles. The van der Waals surface area contributed by atoms with Gasteiger partial charge in [-0.05, 0) is 40.8 Å². The number of amides is 1. The summed E-state index contributed by atoms with van der Waals surface area (Å²) in [5, 5.41) is 6.32. The molecule has 90 valence electrons. The minimum Gasteiger partial charge on any atom is -0.361 e. The maximum absolute atomic E-state index is 12.0. The number of halogens is 1. The number of hydrogen-bond acceptors (Lipinski definition) is 2. The number of hydrogen-bond donors (Lipinski definition) is 2. The van der Waals surface area contributed by atoms with Crippen molar-refractivity contribution in [1.82, 2.24) is 5.32 Å². The molecule has 0 radical (unpaired) electrons. The number of para-hydroxylation sites is 1. The second kappa shape index (κ2) is 4.61. The van der Waals surface area contributed by atoms with E-state index in [9.17, 15) is 4.79 Å². The van der Waals surface area contributed by atoms with Gasteiger partial charge in [0.1, 0.15) is 6.17 Å². The van der Waals surface area contributed by atoms with Gasteiger partial charge in [0.05, 0.1) is 5.56 Å². The van der Waals surface area contributed by atoms with Crippen molar-refractivity contribution in [3.8, 4) is 0 Å². The van der Waals surface area contributed by atoms with Gasteiger partial charge < -0.3 is 10.6 Å². The molecule has 18 heavy (non-hydrogen) atoms. The Bertz CT molecular complexity index is 612. The van der Waals surface area contributed by atoms with Crippen molar-refractivity contribution in [3.05, 3.63) is 63.2 Å². The Labute approximate surface area is 119 Å². The minimum atomic E-state index is -0.166. The molecule has 0 aliphatic carbocycles. The van der Waals surface area contributed by atoms with Gasteiger partial charge in [-0.25, -0.2) is 0 Å². The Morgan fingerprint density at radius 3 is 2.50 bits per heavy atom. The van der Waals surface area contributed by atoms with Crippen LogP contribution < -0.4 is 10.6 Å². The standard InChI is InChI=1S/C14H11IN2O/c15-11-7-3-1-5-9(11)13-16-12-8-4-2-6-10(12)14(18)17-13/h1-8,13,16H,(H,17,18). The van der Waals surface area contributed by atoms with Crippen LogP contribution >= 0.6 is 22.6 Å². The van der Waals surface area contributed by atoms with E-state index < -0.39 is 0 Å². The van der Waals surface area contributed by atoms with Gasteiger partial charge in [0, 0.05) is 14.8 Å². The molecule has 1 unspecified atom stereocenters. The molecule has 1 atom stereocenters. The van der Waals surface area contributed by atoms with Gasteiger partial charge in [-0.2, -0.15) is 0 Å². The normalized spacial score (nSPS) is 17.6. The molecule has 4 heteroatoms. The third-order valence-corrected chi connectivity index (χ3v) is 3.95. The quantitative estimate of drug-likeness (QED) is 0.776. The monoisotopic (exact) mass is 350 g/mol. The zero-order valence-electron chi connectivity index (χ0n) is 9.48. The van der Waals surface area contributed by atoms with Crippen molar-refractivity contribution in [2.45, 2.75) is 6.17 Å². The Morgan fingerprint density at radius 1 is 0.944 bits per heavy atom. The van der Waals surface area contributed by atoms with Crippen LogP contribution in [0.2, 0.25) is 0 Å². The first-order chi connectivity index (χ1) is 8.75. The van der Waals surface area contributed by atoms with Crippen LogP contribution in [0.5, 0.6) is 0 Å². The molecule has 1 amide bonds. The highest BCUT2D eigenvalue weighted by Crippen LogP contribution is 2.28. The summed E-state index contributed by atoms with van der Waals surface area (Å²) in [6.07, 6.45) is -0.166. The number of carbonyl (C=O) groups excluding carboxylic acids is 1. The summed E-state index contributed by atoms with van der Waals surface area (Å²) in [7, 11) is 0. The van der Waals surface area contributed by atoms with Crippen LogP contribution in [0, 0.1) is 3.57 Å². The number of carbonyl (C=O) groups is 1. The van der Waals surface area contributed by atoms with Gasteiger partial charge in [0.15, 0.2) is 0 Å². The second-order valence-electron chi connectivity index (χ2n) is 4.12. The molecular weight excluding hydrogens is 339 g/mol. The van der Waals surface area contributed by atoms with E-state index >= 15 is 0 Å². The fourth-order valence-electron chi connectivity index (χ4n) is 2.07. The van der Waals surface area contributed by atoms with Crippen molar-refractivity contribution in [2.75, 3.05) is 5.32 Å². The predicted molar refractivity (Wildman–Crippen MR) is 79.4 cm³/mol. The largest absolute Gasteiger partial charge is 0.361 e. The third-order valence-electron chi connectivity index (χ3n) is 2.96. The van der Waals surface area contributed by atoms with E-state index in [-0.39, 0.29) is 12.1 Å². The van der Waals surface area contributed by atoms with E-state index in [0.717, 1.165) is 14.8 Å². The molecular formula is C14H11IN2O. The molecule has 0 spiro atoms. The zero-order chi connectivity index (χ0) is 12.5. The van der Waals surface area contributed by atoms with Gasteiger partial charge in [0.25, 0.3) is 5.91 Å². The zero-order valence-corrected chi connectivity index (χ0v) is 11.6. The fraction of sp³-hybridized carbons (Fsp3) is 0.0714. The summed E-state index contributed by atoms with van der Waals surface area (Å²) in [5.41, 5.74) is 2.66. The topological polar surface area (TPSA) is 41.1 Å². The van der Waals surface area contributed by atoms with E-state index in [2.05, 4.69) is 33.2 Å². The molecule has 2 N–H and O–H groups in total. The first-order valence-corrected chi connectivity index (χ1v) is 6.74. The van der Waals surface area contributed by atoms with E-state index in [1.807, 2.05) is 48.5 Å². The van der Waals surface area contributed by atoms with Crippen LogP contribution in [0.3, 0.4) is 0 Å². The summed E-state index contributed by atoms with van der Waals surface area (Å²) in [4.78, 5) is 12.0. The number of fused-ring (bicyclic) bond motifs is 1. The van der Waals surface area contributed by atoms with Gasteiger partial charge in [-0.15, -0.1) is 0 Å². The van der Waals surface area contributed by atoms with E-state index in [1.54, 1.807) is 0 Å². The third kappa shape index (κ3) is 1.96. The average Bonchev–Trinajstić information content (AvgIpc) is 2.39. The van der Waals surface area contributed by atoms with E-state index in [1.165, 1.54) is 0 Å². The Balaban J connectivity index is 2.00. The van der Waals surface area contributed by atoms with Gasteiger partial charge in [0.2, 0.25) is 0 Å². The molecule has 3 rings (SSSR count). The maximum Gasteiger partial charge on any atom is 0.255 e. The Morgan fingerprint density at radius 2 is 1.67 bits per heavy atom. The van der Waals surface area contributed by atoms with Crippen molar-refractivity contribution in [3.63, 3.8) is 0 Å². The average molecular weight is 350 g/mol. The van der Waals surface area contributed by atoms with Crippen LogP contribution in [-0.2, 0) is 0 Å². The molecule has 2 aromatic rings. The van der Waals surface area contributed by atoms with Gasteiger partial charge in [-0.3, -0.25) is 4.79 Å². The molecule has 0 saturated carbocycles. The van der Waals surface area contributed by atoms with E-state index in [0.29, 0.717) is 5.56 Å². The number of rotatable bonds is 1. The predicted octanol–water partition coefficient (Wildman–Crippen LogP) is 3.15. The van der Waals surface area contributed by atoms with Gasteiger partial charge in [-0.1, -0.05) is 30.3 Å². The lowest BCUT2D eigenvalue weighted by atomic mass is 10.1. The lowest BCUT2D eigenvalue weighted by Crippen LogP contribution is -2.38. The summed E-state index contributed by atoms with van der Waals surface area (Å²) >= 11 is 2.28. The first kappa shape index (κ1) is 11.5. The number of benzene rings is 2. The van der Waals surface area contributed by atoms with Crippen LogP contribution in [0.25, 0.3) is 0 Å². The van der Waals surface area contributed by atoms with Gasteiger partial charge >= 0.3 is 0 Å². The number of anilines is 1. The smallest absolute Gasteiger partial charge is 0.255 e. The van der Waals surface area contributed by atoms with Crippen LogP contribution in [-0.4, -0.2) is 5.91 Å². The highest BCUT2D eigenvalue weighted by molar-refractivity contribution is 14.1. The summed E-state index contributed by atoms with van der Waals surface area (Å²) in [5.74, 6) is -0.0333. The Hall–Kier alpha value is -1.56. The number of nitrogens with one attached hydrogen (secondary N) is 2. The molecule has 0 saturated heterocycles. The molecule has 0 bridgehead atoms. The Kier molecular flexibility index (Phi) is 2.95. The molecule has 0 aromatic heterocycles. The van der Waals surface area contributed by atoms with Crippen molar-refractivity contribution >= 4 is 34.2 Å². The van der Waals surface area contributed by atoms with E-state index in [4.69, 9.17) is 0 Å². The summed E-state index contributed by atoms with van der Waals surface area (Å²) in [6, 6.07) is 15.6. The van der Waals surface area contributed by atoms with Crippen LogP contribution in [0.1, 0.15) is 22.1 Å². The SMILES string of the molecule is O=C1NC(c2ccccc2I)Nc2ccccc21. The molecule has 3 nitrogen and oxygen atoms in total. The second-order valence-corrected chi connectivity index (χ2v) is 5.28. The highest BCUT2D eigenvalue weighted by atomic mass is 127.